The van der Waals surface area contributed by atoms with Crippen molar-refractivity contribution in [2.75, 3.05) is 32.0 Å². The number of hydrogen-bond donors (Lipinski definition) is 3. The van der Waals surface area contributed by atoms with E-state index in [0.717, 1.165) is 30.8 Å². The summed E-state index contributed by atoms with van der Waals surface area (Å²) in [6.07, 6.45) is 5.99. The van der Waals surface area contributed by atoms with Gasteiger partial charge < -0.3 is 15.4 Å². The average Bonchev–Trinajstić information content (AvgIpc) is 3.48. The van der Waals surface area contributed by atoms with Crippen molar-refractivity contribution < 1.29 is 13.2 Å². The number of nitrogens with zero attached hydrogens (tertiary/aromatic N) is 1. The highest BCUT2D eigenvalue weighted by Gasteiger charge is 2.22. The lowest BCUT2D eigenvalue weighted by Crippen LogP contribution is -2.42. The van der Waals surface area contributed by atoms with Gasteiger partial charge in [0.2, 0.25) is 10.0 Å². The van der Waals surface area contributed by atoms with Crippen LogP contribution in [0.1, 0.15) is 44.6 Å². The summed E-state index contributed by atoms with van der Waals surface area (Å²) in [5.41, 5.74) is 1.03. The number of rotatable bonds is 12. The first-order chi connectivity index (χ1) is 14.1. The lowest BCUT2D eigenvalue weighted by Gasteiger charge is -2.25. The molecule has 1 aromatic rings. The van der Waals surface area contributed by atoms with Crippen LogP contribution in [-0.4, -0.2) is 46.4 Å². The SMILES string of the molecule is CCNC(=NCc1ccccc1OCC1CC1)NCCS(=O)(=O)NCC1CCC1.I. The second kappa shape index (κ2) is 12.7. The molecule has 0 radical (unpaired) electrons. The Kier molecular flexibility index (Phi) is 10.7. The van der Waals surface area contributed by atoms with Crippen LogP contribution in [0.4, 0.5) is 0 Å². The van der Waals surface area contributed by atoms with Crippen molar-refractivity contribution in [3.05, 3.63) is 29.8 Å². The van der Waals surface area contributed by atoms with Gasteiger partial charge in [-0.25, -0.2) is 18.1 Å². The number of halogens is 1. The monoisotopic (exact) mass is 550 g/mol. The number of ether oxygens (including phenoxy) is 1. The largest absolute Gasteiger partial charge is 0.493 e. The number of benzene rings is 1. The number of para-hydroxylation sites is 1. The predicted molar refractivity (Wildman–Crippen MR) is 132 cm³/mol. The van der Waals surface area contributed by atoms with Crippen LogP contribution in [0.25, 0.3) is 0 Å². The van der Waals surface area contributed by atoms with Crippen LogP contribution in [0.3, 0.4) is 0 Å². The van der Waals surface area contributed by atoms with E-state index in [1.165, 1.54) is 19.3 Å². The molecule has 0 spiro atoms. The molecule has 0 bridgehead atoms. The topological polar surface area (TPSA) is 91.8 Å². The molecule has 7 nitrogen and oxygen atoms in total. The van der Waals surface area contributed by atoms with E-state index in [1.807, 2.05) is 31.2 Å². The molecule has 0 unspecified atom stereocenters. The fourth-order valence-electron chi connectivity index (χ4n) is 3.09. The molecule has 1 aromatic carbocycles. The van der Waals surface area contributed by atoms with Crippen LogP contribution in [0, 0.1) is 11.8 Å². The second-order valence-electron chi connectivity index (χ2n) is 7.95. The molecule has 2 saturated carbocycles. The van der Waals surface area contributed by atoms with E-state index in [4.69, 9.17) is 4.74 Å². The van der Waals surface area contributed by atoms with E-state index in [1.54, 1.807) is 0 Å². The van der Waals surface area contributed by atoms with Gasteiger partial charge in [0.15, 0.2) is 5.96 Å². The Morgan fingerprint density at radius 1 is 1.13 bits per heavy atom. The average molecular weight is 551 g/mol. The number of hydrogen-bond acceptors (Lipinski definition) is 4. The Hall–Kier alpha value is -1.07. The summed E-state index contributed by atoms with van der Waals surface area (Å²) in [4.78, 5) is 4.60. The fraction of sp³-hybridized carbons (Fsp3) is 0.667. The van der Waals surface area contributed by atoms with Crippen molar-refractivity contribution in [1.29, 1.82) is 0 Å². The Morgan fingerprint density at radius 2 is 1.90 bits per heavy atom. The Balaban J connectivity index is 0.00000320. The molecule has 170 valence electrons. The van der Waals surface area contributed by atoms with Gasteiger partial charge >= 0.3 is 0 Å². The number of sulfonamides is 1. The first-order valence-electron chi connectivity index (χ1n) is 10.8. The van der Waals surface area contributed by atoms with Crippen LogP contribution in [0.15, 0.2) is 29.3 Å². The summed E-state index contributed by atoms with van der Waals surface area (Å²) >= 11 is 0. The minimum atomic E-state index is -3.26. The predicted octanol–water partition coefficient (Wildman–Crippen LogP) is 2.87. The summed E-state index contributed by atoms with van der Waals surface area (Å²) in [5.74, 6) is 2.73. The Bertz CT molecular complexity index is 780. The van der Waals surface area contributed by atoms with Crippen molar-refractivity contribution in [3.63, 3.8) is 0 Å². The molecule has 3 rings (SSSR count). The minimum Gasteiger partial charge on any atom is -0.493 e. The van der Waals surface area contributed by atoms with Gasteiger partial charge in [-0.15, -0.1) is 24.0 Å². The summed E-state index contributed by atoms with van der Waals surface area (Å²) in [5, 5.41) is 6.29. The quantitative estimate of drug-likeness (QED) is 0.212. The van der Waals surface area contributed by atoms with Gasteiger partial charge in [-0.2, -0.15) is 0 Å². The maximum atomic E-state index is 12.1. The smallest absolute Gasteiger partial charge is 0.213 e. The van der Waals surface area contributed by atoms with Crippen LogP contribution >= 0.6 is 24.0 Å². The summed E-state index contributed by atoms with van der Waals surface area (Å²) in [6.45, 7) is 4.81. The van der Waals surface area contributed by atoms with Gasteiger partial charge in [0, 0.05) is 25.2 Å². The normalized spacial score (nSPS) is 17.0. The van der Waals surface area contributed by atoms with Crippen LogP contribution < -0.4 is 20.1 Å². The molecule has 0 aliphatic heterocycles. The zero-order chi connectivity index (χ0) is 20.5. The third kappa shape index (κ3) is 8.97. The van der Waals surface area contributed by atoms with Crippen LogP contribution in [-0.2, 0) is 16.6 Å². The van der Waals surface area contributed by atoms with Gasteiger partial charge in [-0.1, -0.05) is 24.6 Å². The molecule has 3 N–H and O–H groups in total. The molecule has 2 aliphatic carbocycles. The van der Waals surface area contributed by atoms with Gasteiger partial charge in [0.05, 0.1) is 18.9 Å². The standard InChI is InChI=1S/C21H34N4O3S.HI/c1-2-22-21(23-12-13-29(26,27)25-14-17-6-5-7-17)24-15-19-8-3-4-9-20(19)28-16-18-10-11-18;/h3-4,8-9,17-18,25H,2,5-7,10-16H2,1H3,(H2,22,23,24);1H. The lowest BCUT2D eigenvalue weighted by atomic mass is 9.86. The molecular weight excluding hydrogens is 515 g/mol. The summed E-state index contributed by atoms with van der Waals surface area (Å²) < 4.78 is 32.9. The number of nitrogens with one attached hydrogen (secondary N) is 3. The highest BCUT2D eigenvalue weighted by Crippen LogP contribution is 2.30. The van der Waals surface area contributed by atoms with E-state index in [9.17, 15) is 8.42 Å². The molecule has 0 saturated heterocycles. The molecule has 2 aliphatic rings. The lowest BCUT2D eigenvalue weighted by molar-refractivity contribution is 0.297. The molecule has 9 heteroatoms. The molecular formula is C21H35IN4O3S. The molecule has 0 atom stereocenters. The summed E-state index contributed by atoms with van der Waals surface area (Å²) in [6, 6.07) is 7.95. The van der Waals surface area contributed by atoms with E-state index >= 15 is 0 Å². The summed E-state index contributed by atoms with van der Waals surface area (Å²) in [7, 11) is -3.26. The van der Waals surface area contributed by atoms with Gasteiger partial charge in [-0.3, -0.25) is 0 Å². The molecule has 0 heterocycles. The molecule has 2 fully saturated rings. The van der Waals surface area contributed by atoms with E-state index in [2.05, 4.69) is 20.3 Å². The third-order valence-corrected chi connectivity index (χ3v) is 6.72. The van der Waals surface area contributed by atoms with Crippen LogP contribution in [0.2, 0.25) is 0 Å². The van der Waals surface area contributed by atoms with Crippen LogP contribution in [0.5, 0.6) is 5.75 Å². The first kappa shape index (κ1) is 25.2. The Morgan fingerprint density at radius 3 is 2.57 bits per heavy atom. The van der Waals surface area contributed by atoms with E-state index < -0.39 is 10.0 Å². The third-order valence-electron chi connectivity index (χ3n) is 5.38. The van der Waals surface area contributed by atoms with Crippen molar-refractivity contribution >= 4 is 40.0 Å². The van der Waals surface area contributed by atoms with Crippen molar-refractivity contribution in [1.82, 2.24) is 15.4 Å². The minimum absolute atomic E-state index is 0. The highest BCUT2D eigenvalue weighted by atomic mass is 127. The zero-order valence-corrected chi connectivity index (χ0v) is 20.9. The van der Waals surface area contributed by atoms with E-state index in [-0.39, 0.29) is 29.7 Å². The second-order valence-corrected chi connectivity index (χ2v) is 9.87. The van der Waals surface area contributed by atoms with E-state index in [0.29, 0.717) is 44.0 Å². The van der Waals surface area contributed by atoms with Crippen molar-refractivity contribution in [2.45, 2.75) is 45.6 Å². The van der Waals surface area contributed by atoms with Gasteiger partial charge in [0.25, 0.3) is 0 Å². The highest BCUT2D eigenvalue weighted by molar-refractivity contribution is 14.0. The molecule has 0 aromatic heterocycles. The van der Waals surface area contributed by atoms with Gasteiger partial charge in [-0.05, 0) is 50.5 Å². The molecule has 30 heavy (non-hydrogen) atoms. The fourth-order valence-corrected chi connectivity index (χ4v) is 4.10. The first-order valence-corrected chi connectivity index (χ1v) is 12.4. The Labute approximate surface area is 197 Å². The zero-order valence-electron chi connectivity index (χ0n) is 17.7. The maximum Gasteiger partial charge on any atom is 0.213 e. The maximum absolute atomic E-state index is 12.1. The number of guanidine groups is 1. The molecule has 0 amide bonds. The number of aliphatic imine (C=N–C) groups is 1. The van der Waals surface area contributed by atoms with Crippen molar-refractivity contribution in [3.8, 4) is 5.75 Å². The van der Waals surface area contributed by atoms with Gasteiger partial charge in [0.1, 0.15) is 5.75 Å². The van der Waals surface area contributed by atoms with Crippen molar-refractivity contribution in [2.24, 2.45) is 16.8 Å².